The zero-order valence-corrected chi connectivity index (χ0v) is 13.1. The standard InChI is InChI=1S/C15H21N3O2S/c1-17-5-7-18(8-6-17)15(19)12-2-4-16-14(10-12)20-13-3-9-21-11-13/h2,4,10,13H,3,5-9,11H2,1H3. The normalized spacial score (nSPS) is 23.3. The van der Waals surface area contributed by atoms with Crippen molar-refractivity contribution in [3.8, 4) is 5.88 Å². The number of ether oxygens (including phenoxy) is 1. The first-order valence-corrected chi connectivity index (χ1v) is 8.56. The fourth-order valence-corrected chi connectivity index (χ4v) is 3.67. The van der Waals surface area contributed by atoms with Gasteiger partial charge in [0.25, 0.3) is 5.91 Å². The van der Waals surface area contributed by atoms with Crippen LogP contribution in [0.5, 0.6) is 5.88 Å². The molecule has 1 aromatic rings. The minimum absolute atomic E-state index is 0.0798. The van der Waals surface area contributed by atoms with Gasteiger partial charge in [0.1, 0.15) is 6.10 Å². The summed E-state index contributed by atoms with van der Waals surface area (Å²) in [5.41, 5.74) is 0.676. The Kier molecular flexibility index (Phi) is 4.65. The van der Waals surface area contributed by atoms with Crippen LogP contribution in [0.4, 0.5) is 0 Å². The molecule has 2 aliphatic heterocycles. The lowest BCUT2D eigenvalue weighted by atomic mass is 10.2. The Labute approximate surface area is 129 Å². The second-order valence-corrected chi connectivity index (χ2v) is 6.73. The molecule has 5 nitrogen and oxygen atoms in total. The first kappa shape index (κ1) is 14.7. The number of carbonyl (C=O) groups excluding carboxylic acids is 1. The Balaban J connectivity index is 1.65. The predicted octanol–water partition coefficient (Wildman–Crippen LogP) is 1.35. The first-order chi connectivity index (χ1) is 10.2. The summed E-state index contributed by atoms with van der Waals surface area (Å²) >= 11 is 1.90. The molecule has 0 aliphatic carbocycles. The molecule has 0 N–H and O–H groups in total. The third kappa shape index (κ3) is 3.68. The number of aromatic nitrogens is 1. The summed E-state index contributed by atoms with van der Waals surface area (Å²) in [7, 11) is 2.08. The lowest BCUT2D eigenvalue weighted by Crippen LogP contribution is -2.47. The van der Waals surface area contributed by atoms with Gasteiger partial charge in [-0.15, -0.1) is 0 Å². The van der Waals surface area contributed by atoms with Crippen LogP contribution in [0.2, 0.25) is 0 Å². The Morgan fingerprint density at radius 1 is 1.38 bits per heavy atom. The molecule has 0 saturated carbocycles. The van der Waals surface area contributed by atoms with Gasteiger partial charge in [0.15, 0.2) is 0 Å². The molecule has 0 aromatic carbocycles. The molecule has 6 heteroatoms. The average molecular weight is 307 g/mol. The molecular weight excluding hydrogens is 286 g/mol. The molecule has 2 aliphatic rings. The van der Waals surface area contributed by atoms with Gasteiger partial charge in [-0.2, -0.15) is 11.8 Å². The first-order valence-electron chi connectivity index (χ1n) is 7.40. The number of likely N-dealkylation sites (N-methyl/N-ethyl adjacent to an activating group) is 1. The van der Waals surface area contributed by atoms with Crippen molar-refractivity contribution in [2.24, 2.45) is 0 Å². The molecule has 0 bridgehead atoms. The Morgan fingerprint density at radius 2 is 2.19 bits per heavy atom. The van der Waals surface area contributed by atoms with E-state index in [1.807, 2.05) is 16.7 Å². The fraction of sp³-hybridized carbons (Fsp3) is 0.600. The maximum atomic E-state index is 12.5. The molecule has 3 heterocycles. The molecule has 21 heavy (non-hydrogen) atoms. The van der Waals surface area contributed by atoms with Gasteiger partial charge >= 0.3 is 0 Å². The van der Waals surface area contributed by atoms with Crippen molar-refractivity contribution in [3.63, 3.8) is 0 Å². The maximum Gasteiger partial charge on any atom is 0.254 e. The van der Waals surface area contributed by atoms with E-state index in [4.69, 9.17) is 4.74 Å². The van der Waals surface area contributed by atoms with Crippen LogP contribution >= 0.6 is 11.8 Å². The van der Waals surface area contributed by atoms with Crippen LogP contribution in [0.1, 0.15) is 16.8 Å². The molecule has 1 unspecified atom stereocenters. The maximum absolute atomic E-state index is 12.5. The number of thioether (sulfide) groups is 1. The summed E-state index contributed by atoms with van der Waals surface area (Å²) in [6.07, 6.45) is 2.96. The average Bonchev–Trinajstić information content (AvgIpc) is 3.00. The molecule has 2 saturated heterocycles. The van der Waals surface area contributed by atoms with Crippen LogP contribution in [0.3, 0.4) is 0 Å². The van der Waals surface area contributed by atoms with Gasteiger partial charge in [0.05, 0.1) is 0 Å². The van der Waals surface area contributed by atoms with E-state index in [0.717, 1.165) is 44.1 Å². The molecule has 114 valence electrons. The summed E-state index contributed by atoms with van der Waals surface area (Å²) in [5, 5.41) is 0. The Hall–Kier alpha value is -1.27. The van der Waals surface area contributed by atoms with E-state index < -0.39 is 0 Å². The molecule has 1 aromatic heterocycles. The summed E-state index contributed by atoms with van der Waals surface area (Å²) in [6, 6.07) is 3.56. The van der Waals surface area contributed by atoms with Gasteiger partial charge in [0, 0.05) is 49.8 Å². The van der Waals surface area contributed by atoms with Gasteiger partial charge in [-0.3, -0.25) is 4.79 Å². The van der Waals surface area contributed by atoms with Crippen LogP contribution in [0.15, 0.2) is 18.3 Å². The third-order valence-electron chi connectivity index (χ3n) is 3.95. The number of carbonyl (C=O) groups is 1. The van der Waals surface area contributed by atoms with Crippen molar-refractivity contribution in [1.82, 2.24) is 14.8 Å². The van der Waals surface area contributed by atoms with Gasteiger partial charge in [-0.1, -0.05) is 0 Å². The monoisotopic (exact) mass is 307 g/mol. The van der Waals surface area contributed by atoms with Gasteiger partial charge in [-0.25, -0.2) is 4.98 Å². The highest BCUT2D eigenvalue weighted by Crippen LogP contribution is 2.22. The van der Waals surface area contributed by atoms with Gasteiger partial charge in [-0.05, 0) is 25.3 Å². The minimum Gasteiger partial charge on any atom is -0.473 e. The van der Waals surface area contributed by atoms with Crippen LogP contribution in [-0.4, -0.2) is 71.5 Å². The van der Waals surface area contributed by atoms with Crippen molar-refractivity contribution in [2.45, 2.75) is 12.5 Å². The molecule has 3 rings (SSSR count). The van der Waals surface area contributed by atoms with Crippen LogP contribution in [-0.2, 0) is 0 Å². The van der Waals surface area contributed by atoms with Gasteiger partial charge < -0.3 is 14.5 Å². The SMILES string of the molecule is CN1CCN(C(=O)c2ccnc(OC3CCSC3)c2)CC1. The smallest absolute Gasteiger partial charge is 0.254 e. The number of rotatable bonds is 3. The van der Waals surface area contributed by atoms with Crippen LogP contribution in [0, 0.1) is 0 Å². The second-order valence-electron chi connectivity index (χ2n) is 5.58. The summed E-state index contributed by atoms with van der Waals surface area (Å²) < 4.78 is 5.86. The molecule has 0 spiro atoms. The molecule has 0 radical (unpaired) electrons. The fourth-order valence-electron chi connectivity index (χ4n) is 2.58. The number of nitrogens with zero attached hydrogens (tertiary/aromatic N) is 3. The number of piperazine rings is 1. The topological polar surface area (TPSA) is 45.7 Å². The van der Waals surface area contributed by atoms with E-state index in [1.54, 1.807) is 18.3 Å². The number of hydrogen-bond acceptors (Lipinski definition) is 5. The highest BCUT2D eigenvalue weighted by Gasteiger charge is 2.22. The largest absolute Gasteiger partial charge is 0.473 e. The van der Waals surface area contributed by atoms with E-state index in [-0.39, 0.29) is 12.0 Å². The highest BCUT2D eigenvalue weighted by molar-refractivity contribution is 7.99. The second kappa shape index (κ2) is 6.66. The lowest BCUT2D eigenvalue weighted by Gasteiger charge is -2.32. The third-order valence-corrected chi connectivity index (χ3v) is 5.08. The van der Waals surface area contributed by atoms with Gasteiger partial charge in [0.2, 0.25) is 5.88 Å². The van der Waals surface area contributed by atoms with Crippen molar-refractivity contribution < 1.29 is 9.53 Å². The van der Waals surface area contributed by atoms with Crippen molar-refractivity contribution in [3.05, 3.63) is 23.9 Å². The zero-order chi connectivity index (χ0) is 14.7. The summed E-state index contributed by atoms with van der Waals surface area (Å²) in [5.74, 6) is 2.81. The Bertz CT molecular complexity index is 497. The molecule has 1 atom stereocenters. The van der Waals surface area contributed by atoms with Crippen LogP contribution < -0.4 is 4.74 Å². The molecular formula is C15H21N3O2S. The van der Waals surface area contributed by atoms with E-state index in [2.05, 4.69) is 16.9 Å². The summed E-state index contributed by atoms with van der Waals surface area (Å²) in [6.45, 7) is 3.43. The highest BCUT2D eigenvalue weighted by atomic mass is 32.2. The van der Waals surface area contributed by atoms with Crippen molar-refractivity contribution >= 4 is 17.7 Å². The molecule has 2 fully saturated rings. The van der Waals surface area contributed by atoms with E-state index in [0.29, 0.717) is 11.4 Å². The molecule has 1 amide bonds. The van der Waals surface area contributed by atoms with Crippen molar-refractivity contribution in [1.29, 1.82) is 0 Å². The van der Waals surface area contributed by atoms with E-state index in [1.165, 1.54) is 0 Å². The Morgan fingerprint density at radius 3 is 2.90 bits per heavy atom. The predicted molar refractivity (Wildman–Crippen MR) is 84.0 cm³/mol. The zero-order valence-electron chi connectivity index (χ0n) is 12.3. The quantitative estimate of drug-likeness (QED) is 0.843. The number of pyridine rings is 1. The lowest BCUT2D eigenvalue weighted by molar-refractivity contribution is 0.0663. The van der Waals surface area contributed by atoms with E-state index in [9.17, 15) is 4.79 Å². The number of amides is 1. The van der Waals surface area contributed by atoms with Crippen molar-refractivity contribution in [2.75, 3.05) is 44.7 Å². The van der Waals surface area contributed by atoms with Crippen LogP contribution in [0.25, 0.3) is 0 Å². The van der Waals surface area contributed by atoms with E-state index >= 15 is 0 Å². The minimum atomic E-state index is 0.0798. The number of hydrogen-bond donors (Lipinski definition) is 0. The summed E-state index contributed by atoms with van der Waals surface area (Å²) in [4.78, 5) is 20.9.